The number of rotatable bonds is 2. The van der Waals surface area contributed by atoms with Crippen molar-refractivity contribution in [2.75, 3.05) is 0 Å². The third-order valence-corrected chi connectivity index (χ3v) is 2.94. The summed E-state index contributed by atoms with van der Waals surface area (Å²) in [5.74, 6) is 0. The minimum absolute atomic E-state index is 0.570. The van der Waals surface area contributed by atoms with E-state index in [0.29, 0.717) is 6.54 Å². The molecule has 0 heterocycles. The second-order valence-electron chi connectivity index (χ2n) is 3.86. The van der Waals surface area contributed by atoms with Gasteiger partial charge in [0.15, 0.2) is 0 Å². The molecule has 0 aliphatic rings. The van der Waals surface area contributed by atoms with Gasteiger partial charge in [0.05, 0.1) is 0 Å². The highest BCUT2D eigenvalue weighted by Gasteiger charge is 2.02. The summed E-state index contributed by atoms with van der Waals surface area (Å²) >= 11 is 5.88. The van der Waals surface area contributed by atoms with Crippen molar-refractivity contribution in [3.63, 3.8) is 0 Å². The summed E-state index contributed by atoms with van der Waals surface area (Å²) < 4.78 is 0. The molecule has 82 valence electrons. The van der Waals surface area contributed by atoms with Crippen LogP contribution in [-0.4, -0.2) is 0 Å². The lowest BCUT2D eigenvalue weighted by molar-refractivity contribution is 1.07. The highest BCUT2D eigenvalue weighted by atomic mass is 35.5. The molecule has 0 aromatic heterocycles. The first-order valence-electron chi connectivity index (χ1n) is 5.26. The van der Waals surface area contributed by atoms with Crippen LogP contribution in [0.1, 0.15) is 11.1 Å². The smallest absolute Gasteiger partial charge is 0.0406 e. The van der Waals surface area contributed by atoms with Crippen molar-refractivity contribution in [1.29, 1.82) is 0 Å². The summed E-state index contributed by atoms with van der Waals surface area (Å²) in [6.45, 7) is 2.67. The highest BCUT2D eigenvalue weighted by Crippen LogP contribution is 2.25. The van der Waals surface area contributed by atoms with E-state index in [2.05, 4.69) is 25.1 Å². The number of benzene rings is 2. The van der Waals surface area contributed by atoms with Gasteiger partial charge in [0.2, 0.25) is 0 Å². The van der Waals surface area contributed by atoms with E-state index in [-0.39, 0.29) is 0 Å². The molecule has 2 aromatic rings. The van der Waals surface area contributed by atoms with E-state index in [1.807, 2.05) is 24.3 Å². The lowest BCUT2D eigenvalue weighted by Gasteiger charge is -2.08. The summed E-state index contributed by atoms with van der Waals surface area (Å²) in [4.78, 5) is 0. The van der Waals surface area contributed by atoms with Gasteiger partial charge in [0.1, 0.15) is 0 Å². The first-order valence-corrected chi connectivity index (χ1v) is 5.64. The first-order chi connectivity index (χ1) is 7.70. The number of hydrogen-bond donors (Lipinski definition) is 1. The summed E-state index contributed by atoms with van der Waals surface area (Å²) in [6.07, 6.45) is 0. The summed E-state index contributed by atoms with van der Waals surface area (Å²) in [7, 11) is 0. The van der Waals surface area contributed by atoms with Gasteiger partial charge in [-0.1, -0.05) is 35.9 Å². The molecule has 0 fully saturated rings. The minimum atomic E-state index is 0.570. The van der Waals surface area contributed by atoms with Crippen LogP contribution < -0.4 is 5.73 Å². The summed E-state index contributed by atoms with van der Waals surface area (Å²) in [5.41, 5.74) is 10.4. The molecule has 0 saturated carbocycles. The van der Waals surface area contributed by atoms with Gasteiger partial charge in [0, 0.05) is 11.6 Å². The van der Waals surface area contributed by atoms with Crippen LogP contribution >= 0.6 is 11.6 Å². The lowest BCUT2D eigenvalue weighted by Crippen LogP contribution is -1.97. The Morgan fingerprint density at radius 1 is 1.06 bits per heavy atom. The van der Waals surface area contributed by atoms with E-state index in [1.165, 1.54) is 16.7 Å². The van der Waals surface area contributed by atoms with E-state index < -0.39 is 0 Å². The Morgan fingerprint density at radius 3 is 2.38 bits per heavy atom. The minimum Gasteiger partial charge on any atom is -0.326 e. The molecule has 0 aliphatic heterocycles. The zero-order chi connectivity index (χ0) is 11.5. The molecule has 0 unspecified atom stereocenters. The van der Waals surface area contributed by atoms with Crippen LogP contribution in [0.2, 0.25) is 5.02 Å². The Labute approximate surface area is 101 Å². The molecule has 1 nitrogen and oxygen atoms in total. The SMILES string of the molecule is Cc1ccc(CN)cc1-c1ccc(Cl)cc1. The van der Waals surface area contributed by atoms with Crippen LogP contribution in [0.3, 0.4) is 0 Å². The van der Waals surface area contributed by atoms with Crippen molar-refractivity contribution in [2.24, 2.45) is 5.73 Å². The third kappa shape index (κ3) is 2.26. The van der Waals surface area contributed by atoms with Gasteiger partial charge in [-0.15, -0.1) is 0 Å². The molecule has 0 bridgehead atoms. The molecule has 0 radical (unpaired) electrons. The van der Waals surface area contributed by atoms with Crippen LogP contribution in [0.25, 0.3) is 11.1 Å². The quantitative estimate of drug-likeness (QED) is 0.837. The van der Waals surface area contributed by atoms with Crippen molar-refractivity contribution < 1.29 is 0 Å². The van der Waals surface area contributed by atoms with Crippen molar-refractivity contribution in [3.05, 3.63) is 58.6 Å². The van der Waals surface area contributed by atoms with E-state index in [9.17, 15) is 0 Å². The fourth-order valence-corrected chi connectivity index (χ4v) is 1.86. The molecular formula is C14H14ClN. The van der Waals surface area contributed by atoms with Gasteiger partial charge in [-0.2, -0.15) is 0 Å². The molecule has 2 N–H and O–H groups in total. The molecule has 16 heavy (non-hydrogen) atoms. The maximum Gasteiger partial charge on any atom is 0.0406 e. The Kier molecular flexibility index (Phi) is 3.28. The van der Waals surface area contributed by atoms with E-state index in [0.717, 1.165) is 10.6 Å². The Balaban J connectivity index is 2.50. The predicted molar refractivity (Wildman–Crippen MR) is 69.5 cm³/mol. The maximum absolute atomic E-state index is 5.88. The predicted octanol–water partition coefficient (Wildman–Crippen LogP) is 3.77. The first kappa shape index (κ1) is 11.2. The van der Waals surface area contributed by atoms with Crippen molar-refractivity contribution >= 4 is 11.6 Å². The van der Waals surface area contributed by atoms with Crippen LogP contribution in [0.4, 0.5) is 0 Å². The molecule has 0 spiro atoms. The van der Waals surface area contributed by atoms with E-state index in [4.69, 9.17) is 17.3 Å². The normalized spacial score (nSPS) is 10.4. The van der Waals surface area contributed by atoms with Gasteiger partial charge < -0.3 is 5.73 Å². The van der Waals surface area contributed by atoms with E-state index >= 15 is 0 Å². The lowest BCUT2D eigenvalue weighted by atomic mass is 9.98. The maximum atomic E-state index is 5.88. The van der Waals surface area contributed by atoms with Crippen molar-refractivity contribution in [1.82, 2.24) is 0 Å². The molecular weight excluding hydrogens is 218 g/mol. The molecule has 0 atom stereocenters. The zero-order valence-electron chi connectivity index (χ0n) is 9.20. The molecule has 0 aliphatic carbocycles. The van der Waals surface area contributed by atoms with Gasteiger partial charge in [-0.25, -0.2) is 0 Å². The largest absolute Gasteiger partial charge is 0.326 e. The van der Waals surface area contributed by atoms with Crippen molar-refractivity contribution in [2.45, 2.75) is 13.5 Å². The standard InChI is InChI=1S/C14H14ClN/c1-10-2-3-11(9-16)8-14(10)12-4-6-13(15)7-5-12/h2-8H,9,16H2,1H3. The Hall–Kier alpha value is -1.31. The number of aryl methyl sites for hydroxylation is 1. The fourth-order valence-electron chi connectivity index (χ4n) is 1.74. The van der Waals surface area contributed by atoms with Gasteiger partial charge >= 0.3 is 0 Å². The summed E-state index contributed by atoms with van der Waals surface area (Å²) in [5, 5.41) is 0.761. The summed E-state index contributed by atoms with van der Waals surface area (Å²) in [6, 6.07) is 14.2. The van der Waals surface area contributed by atoms with Gasteiger partial charge in [0.25, 0.3) is 0 Å². The van der Waals surface area contributed by atoms with Crippen LogP contribution in [0.5, 0.6) is 0 Å². The second-order valence-corrected chi connectivity index (χ2v) is 4.30. The third-order valence-electron chi connectivity index (χ3n) is 2.69. The van der Waals surface area contributed by atoms with Crippen LogP contribution in [0.15, 0.2) is 42.5 Å². The van der Waals surface area contributed by atoms with E-state index in [1.54, 1.807) is 0 Å². The number of nitrogens with two attached hydrogens (primary N) is 1. The molecule has 2 aromatic carbocycles. The van der Waals surface area contributed by atoms with Crippen molar-refractivity contribution in [3.8, 4) is 11.1 Å². The molecule has 2 rings (SSSR count). The average Bonchev–Trinajstić information content (AvgIpc) is 2.31. The second kappa shape index (κ2) is 4.69. The van der Waals surface area contributed by atoms with Crippen LogP contribution in [0, 0.1) is 6.92 Å². The number of halogens is 1. The zero-order valence-corrected chi connectivity index (χ0v) is 9.96. The Morgan fingerprint density at radius 2 is 1.75 bits per heavy atom. The van der Waals surface area contributed by atoms with Gasteiger partial charge in [-0.05, 0) is 47.4 Å². The monoisotopic (exact) mass is 231 g/mol. The topological polar surface area (TPSA) is 26.0 Å². The number of hydrogen-bond acceptors (Lipinski definition) is 1. The fraction of sp³-hybridized carbons (Fsp3) is 0.143. The molecule has 0 amide bonds. The van der Waals surface area contributed by atoms with Gasteiger partial charge in [-0.3, -0.25) is 0 Å². The average molecular weight is 232 g/mol. The Bertz CT molecular complexity index is 489. The highest BCUT2D eigenvalue weighted by molar-refractivity contribution is 6.30. The molecule has 0 saturated heterocycles. The molecule has 2 heteroatoms. The van der Waals surface area contributed by atoms with Crippen LogP contribution in [-0.2, 0) is 6.54 Å².